The number of carboxylic acids is 1. The second-order valence-corrected chi connectivity index (χ2v) is 35.7. The number of hydrogen-bond acceptors (Lipinski definition) is 28. The Balaban J connectivity index is 0.538. The molecular formula is C80H116N20O27S. The van der Waals surface area contributed by atoms with Crippen LogP contribution in [0.25, 0.3) is 0 Å². The standard InChI is InChI=1S/C80H116N20O27S/c101-41-22-55(95(34-41)74(120)49-9-2-16-89(49)61(107)28-82-67(113)48(40-128)88-68(114)47-8-1-15-81-47)69(115)83-29-62(108)90-17-3-10-50(90)75(121)96-35-42(102)23-56(96)70(116)84-30-63(109)91-18-4-11-51(91)76(122)97-36-43(103)24-57(97)71(117)85-31-64(110)92-19-5-12-52(92)77(123)98-37-44(104)25-58(98)72(118)86-32-65(111)93-20-6-13-53(93)78(124)99-38-45(105)26-59(99)73(119)87-33-66(112)94-21-7-14-54(94)79(125)100-39-46(106)27-60(100)80(126)127/h41-60,81,101-106,128H,1-40H2,(H,82,113)(H,83,115)(H,84,116)(H,85,117)(H,86,118)(H,87,119)(H,88,114)(H,126,127)/t41-,42-,43-,44-,45-,46-,47+,48+,49+,50+,51+,52+,53+,54+,55+,56+,57+,58+,59+,60+/m1/s1. The number of likely N-dealkylation sites (tertiary alicyclic amines) is 12. The molecule has 0 saturated carbocycles. The first-order valence-electron chi connectivity index (χ1n) is 44.3. The van der Waals surface area contributed by atoms with E-state index in [4.69, 9.17) is 0 Å². The molecule has 13 rings (SSSR count). The van der Waals surface area contributed by atoms with Crippen molar-refractivity contribution >= 4 is 131 Å². The van der Waals surface area contributed by atoms with E-state index in [0.717, 1.165) is 35.8 Å². The minimum atomic E-state index is -1.35. The van der Waals surface area contributed by atoms with Crippen molar-refractivity contribution in [2.24, 2.45) is 0 Å². The first-order chi connectivity index (χ1) is 61.1. The zero-order valence-corrected chi connectivity index (χ0v) is 71.8. The number of carbonyl (C=O) groups is 20. The van der Waals surface area contributed by atoms with Crippen LogP contribution in [0.15, 0.2) is 0 Å². The van der Waals surface area contributed by atoms with E-state index in [1.165, 1.54) is 29.4 Å². The van der Waals surface area contributed by atoms with E-state index in [1.54, 1.807) is 0 Å². The summed E-state index contributed by atoms with van der Waals surface area (Å²) in [5, 5.41) is 94.8. The van der Waals surface area contributed by atoms with Gasteiger partial charge < -0.3 is 137 Å². The van der Waals surface area contributed by atoms with Crippen molar-refractivity contribution in [3.05, 3.63) is 0 Å². The van der Waals surface area contributed by atoms with Crippen molar-refractivity contribution in [1.29, 1.82) is 0 Å². The molecule has 0 radical (unpaired) electrons. The van der Waals surface area contributed by atoms with Gasteiger partial charge in [-0.05, 0) is 96.4 Å². The van der Waals surface area contributed by atoms with Crippen molar-refractivity contribution < 1.29 is 132 Å². The predicted molar refractivity (Wildman–Crippen MR) is 438 cm³/mol. The first-order valence-corrected chi connectivity index (χ1v) is 45.0. The summed E-state index contributed by atoms with van der Waals surface area (Å²) < 4.78 is 0. The second kappa shape index (κ2) is 41.5. The van der Waals surface area contributed by atoms with E-state index in [9.17, 15) is 132 Å². The molecule has 13 aliphatic heterocycles. The minimum absolute atomic E-state index is 0.0374. The molecule has 48 heteroatoms. The molecule has 47 nitrogen and oxygen atoms in total. The van der Waals surface area contributed by atoms with Crippen molar-refractivity contribution in [3.63, 3.8) is 0 Å². The summed E-state index contributed by atoms with van der Waals surface area (Å²) in [5.41, 5.74) is 0. The number of carbonyl (C=O) groups excluding carboxylic acids is 19. The largest absolute Gasteiger partial charge is 0.480 e. The summed E-state index contributed by atoms with van der Waals surface area (Å²) in [6.45, 7) is -4.46. The van der Waals surface area contributed by atoms with E-state index >= 15 is 0 Å². The number of thiol groups is 1. The lowest BCUT2D eigenvalue weighted by molar-refractivity contribution is -0.151. The van der Waals surface area contributed by atoms with Crippen molar-refractivity contribution in [1.82, 2.24) is 101 Å². The lowest BCUT2D eigenvalue weighted by Crippen LogP contribution is -2.57. The van der Waals surface area contributed by atoms with Gasteiger partial charge >= 0.3 is 5.97 Å². The summed E-state index contributed by atoms with van der Waals surface area (Å²) in [6.07, 6.45) is -3.94. The van der Waals surface area contributed by atoms with E-state index in [1.807, 2.05) is 0 Å². The van der Waals surface area contributed by atoms with E-state index < -0.39 is 273 Å². The van der Waals surface area contributed by atoms with Gasteiger partial charge in [-0.15, -0.1) is 0 Å². The summed E-state index contributed by atoms with van der Waals surface area (Å²) in [4.78, 5) is 290. The third kappa shape index (κ3) is 21.0. The molecule has 13 heterocycles. The van der Waals surface area contributed by atoms with Crippen molar-refractivity contribution in [2.45, 2.75) is 250 Å². The molecule has 0 aliphatic carbocycles. The molecule has 0 aromatic heterocycles. The fraction of sp³-hybridized carbons (Fsp3) is 0.750. The van der Waals surface area contributed by atoms with E-state index in [0.29, 0.717) is 51.5 Å². The predicted octanol–water partition coefficient (Wildman–Crippen LogP) is -12.3. The first kappa shape index (κ1) is 95.1. The maximum atomic E-state index is 14.5. The van der Waals surface area contributed by atoms with E-state index in [2.05, 4.69) is 55.2 Å². The van der Waals surface area contributed by atoms with Crippen LogP contribution < -0.4 is 42.5 Å². The molecule has 0 unspecified atom stereocenters. The highest BCUT2D eigenvalue weighted by molar-refractivity contribution is 7.80. The van der Waals surface area contributed by atoms with Gasteiger partial charge in [-0.1, -0.05) is 0 Å². The van der Waals surface area contributed by atoms with Crippen molar-refractivity contribution in [2.75, 3.05) is 130 Å². The number of hydrogen-bond donors (Lipinski definition) is 16. The molecule has 13 saturated heterocycles. The highest BCUT2D eigenvalue weighted by Gasteiger charge is 2.53. The van der Waals surface area contributed by atoms with Gasteiger partial charge in [0.1, 0.15) is 78.5 Å². The molecule has 19 amide bonds. The molecule has 704 valence electrons. The second-order valence-electron chi connectivity index (χ2n) is 35.4. The molecule has 15 N–H and O–H groups in total. The van der Waals surface area contributed by atoms with Gasteiger partial charge in [-0.2, -0.15) is 12.6 Å². The number of aliphatic carboxylic acids is 1. The van der Waals surface area contributed by atoms with Gasteiger partial charge in [-0.25, -0.2) is 4.79 Å². The number of nitrogens with one attached hydrogen (secondary N) is 8. The third-order valence-corrected chi connectivity index (χ3v) is 27.4. The highest BCUT2D eigenvalue weighted by atomic mass is 32.1. The van der Waals surface area contributed by atoms with Crippen LogP contribution in [0.4, 0.5) is 0 Å². The monoisotopic (exact) mass is 1820 g/mol. The molecule has 0 bridgehead atoms. The Morgan fingerprint density at radius 3 is 0.711 bits per heavy atom. The van der Waals surface area contributed by atoms with Gasteiger partial charge in [0, 0.05) is 123 Å². The Morgan fingerprint density at radius 1 is 0.281 bits per heavy atom. The van der Waals surface area contributed by atoms with Crippen LogP contribution in [0, 0.1) is 0 Å². The lowest BCUT2D eigenvalue weighted by Gasteiger charge is -2.32. The van der Waals surface area contributed by atoms with Crippen LogP contribution in [0.3, 0.4) is 0 Å². The SMILES string of the molecule is O=C(N[C@@H](CS)C(=O)NCC(=O)N1CCC[C@H]1C(=O)N1C[C@H](O)C[C@H]1C(=O)NCC(=O)N1CCC[C@H]1C(=O)N1C[C@H](O)C[C@H]1C(=O)NCC(=O)N1CCC[C@H]1C(=O)N1C[C@H](O)C[C@H]1C(=O)NCC(=O)N1CCC[C@H]1C(=O)N1C[C@H](O)C[C@H]1C(=O)NCC(=O)N1CCC[C@H]1C(=O)N1C[C@H](O)C[C@H]1C(=O)NCC(=O)N1CCC[C@H]1C(=O)N1C[C@H](O)C[C@H]1C(=O)O)[C@@H]1CCCN1. The maximum absolute atomic E-state index is 14.5. The van der Waals surface area contributed by atoms with Crippen molar-refractivity contribution in [3.8, 4) is 0 Å². The van der Waals surface area contributed by atoms with Gasteiger partial charge in [0.2, 0.25) is 112 Å². The topological polar surface area (TPSA) is 618 Å². The number of nitrogens with zero attached hydrogens (tertiary/aromatic N) is 12. The fourth-order valence-corrected chi connectivity index (χ4v) is 20.8. The summed E-state index contributed by atoms with van der Waals surface area (Å²) >= 11 is 4.20. The minimum Gasteiger partial charge on any atom is -0.480 e. The van der Waals surface area contributed by atoms with Crippen LogP contribution >= 0.6 is 12.6 Å². The smallest absolute Gasteiger partial charge is 0.326 e. The average Bonchev–Trinajstić information content (AvgIpc) is 1.66. The molecule has 20 atom stereocenters. The Kier molecular flexibility index (Phi) is 30.8. The van der Waals surface area contributed by atoms with Crippen LogP contribution in [-0.2, 0) is 95.9 Å². The molecule has 128 heavy (non-hydrogen) atoms. The number of β-amino-alcohol motifs (C(OH)–C–C–N with tert-alkyl or cyclic N) is 6. The molecule has 13 aliphatic rings. The van der Waals surface area contributed by atoms with Crippen LogP contribution in [0.1, 0.15) is 128 Å². The summed E-state index contributed by atoms with van der Waals surface area (Å²) in [6, 6.07) is -16.1. The molecular weight excluding hydrogens is 1710 g/mol. The zero-order valence-electron chi connectivity index (χ0n) is 70.9. The zero-order chi connectivity index (χ0) is 92.0. The third-order valence-electron chi connectivity index (χ3n) is 27.0. The van der Waals surface area contributed by atoms with Crippen LogP contribution in [0.5, 0.6) is 0 Å². The van der Waals surface area contributed by atoms with Gasteiger partial charge in [0.25, 0.3) is 0 Å². The summed E-state index contributed by atoms with van der Waals surface area (Å²) in [7, 11) is 0. The number of rotatable bonds is 28. The molecule has 13 fully saturated rings. The maximum Gasteiger partial charge on any atom is 0.326 e. The average molecular weight is 1820 g/mol. The number of aliphatic hydroxyl groups is 6. The number of amides is 19. The lowest BCUT2D eigenvalue weighted by atomic mass is 10.1. The highest BCUT2D eigenvalue weighted by Crippen LogP contribution is 2.34. The van der Waals surface area contributed by atoms with E-state index in [-0.39, 0.29) is 167 Å². The van der Waals surface area contributed by atoms with Gasteiger partial charge in [0.05, 0.1) is 81.9 Å². The quantitative estimate of drug-likeness (QED) is 0.0324. The molecule has 0 spiro atoms. The van der Waals surface area contributed by atoms with Crippen LogP contribution in [0.2, 0.25) is 0 Å². The Labute approximate surface area is 740 Å². The van der Waals surface area contributed by atoms with Gasteiger partial charge in [0.15, 0.2) is 0 Å². The molecule has 0 aromatic carbocycles. The molecule has 0 aromatic rings. The summed E-state index contributed by atoms with van der Waals surface area (Å²) in [5.74, 6) is -14.8. The Morgan fingerprint density at radius 2 is 0.500 bits per heavy atom. The van der Waals surface area contributed by atoms with Gasteiger partial charge in [-0.3, -0.25) is 91.1 Å². The Hall–Kier alpha value is -10.5. The number of carboxylic acid groups (broad SMARTS) is 1. The normalized spacial score (nSPS) is 30.6. The fourth-order valence-electron chi connectivity index (χ4n) is 20.6. The van der Waals surface area contributed by atoms with Crippen LogP contribution in [-0.4, -0.2) is 464 Å². The Bertz CT molecular complexity index is 4330. The number of aliphatic hydroxyl groups excluding tert-OH is 6.